The van der Waals surface area contributed by atoms with Crippen LogP contribution in [0.2, 0.25) is 0 Å². The lowest BCUT2D eigenvalue weighted by molar-refractivity contribution is -0.137. The van der Waals surface area contributed by atoms with E-state index in [9.17, 15) is 9.59 Å². The van der Waals surface area contributed by atoms with Gasteiger partial charge in [0.1, 0.15) is 9.88 Å². The Morgan fingerprint density at radius 1 is 1.24 bits per heavy atom. The number of carboxylic acid groups (broad SMARTS) is 1. The molecule has 25 heavy (non-hydrogen) atoms. The van der Waals surface area contributed by atoms with Crippen LogP contribution in [0.25, 0.3) is 10.6 Å². The van der Waals surface area contributed by atoms with E-state index in [2.05, 4.69) is 4.98 Å². The predicted octanol–water partition coefficient (Wildman–Crippen LogP) is 2.68. The van der Waals surface area contributed by atoms with Gasteiger partial charge in [0.25, 0.3) is 5.91 Å². The molecule has 8 heteroatoms. The molecular weight excluding hydrogens is 344 g/mol. The average molecular weight is 364 g/mol. The molecule has 1 amide bonds. The Labute approximate surface area is 149 Å². The molecule has 0 atom stereocenters. The Balaban J connectivity index is 2.27. The molecule has 7 nitrogen and oxygen atoms in total. The summed E-state index contributed by atoms with van der Waals surface area (Å²) in [7, 11) is 4.70. The van der Waals surface area contributed by atoms with Gasteiger partial charge in [0.15, 0.2) is 11.5 Å². The van der Waals surface area contributed by atoms with Gasteiger partial charge in [0.05, 0.1) is 26.3 Å². The molecule has 0 saturated heterocycles. The second-order valence-corrected chi connectivity index (χ2v) is 6.37. The number of aryl methyl sites for hydroxylation is 1. The summed E-state index contributed by atoms with van der Waals surface area (Å²) >= 11 is 1.27. The van der Waals surface area contributed by atoms with Crippen LogP contribution in [-0.2, 0) is 4.79 Å². The zero-order chi connectivity index (χ0) is 18.6. The van der Waals surface area contributed by atoms with Crippen LogP contribution < -0.4 is 9.47 Å². The minimum Gasteiger partial charge on any atom is -0.493 e. The van der Waals surface area contributed by atoms with E-state index in [1.165, 1.54) is 16.2 Å². The molecular formula is C17H20N2O5S. The van der Waals surface area contributed by atoms with E-state index in [-0.39, 0.29) is 18.9 Å². The average Bonchev–Trinajstić information content (AvgIpc) is 2.99. The lowest BCUT2D eigenvalue weighted by Crippen LogP contribution is -2.28. The zero-order valence-corrected chi connectivity index (χ0v) is 15.3. The molecule has 1 aromatic heterocycles. The van der Waals surface area contributed by atoms with Crippen molar-refractivity contribution in [3.63, 3.8) is 0 Å². The largest absolute Gasteiger partial charge is 0.493 e. The Hall–Kier alpha value is -2.61. The molecule has 1 heterocycles. The second-order valence-electron chi connectivity index (χ2n) is 5.37. The summed E-state index contributed by atoms with van der Waals surface area (Å²) in [6.45, 7) is 1.91. The molecule has 0 aliphatic rings. The molecule has 1 aromatic carbocycles. The standard InChI is InChI=1S/C17H20N2O5S/c1-10-15(17(22)19(2)8-7-14(20)21)25-16(18-10)11-5-6-12(23-3)13(9-11)24-4/h5-6,9H,7-8H2,1-4H3,(H,20,21). The normalized spacial score (nSPS) is 10.4. The first-order valence-corrected chi connectivity index (χ1v) is 8.36. The number of carboxylic acids is 1. The van der Waals surface area contributed by atoms with E-state index in [1.54, 1.807) is 40.3 Å². The van der Waals surface area contributed by atoms with E-state index in [1.807, 2.05) is 6.07 Å². The number of rotatable bonds is 7. The van der Waals surface area contributed by atoms with Gasteiger partial charge >= 0.3 is 5.97 Å². The van der Waals surface area contributed by atoms with Crippen LogP contribution in [0.5, 0.6) is 11.5 Å². The van der Waals surface area contributed by atoms with Gasteiger partial charge in [-0.3, -0.25) is 9.59 Å². The molecule has 0 spiro atoms. The number of ether oxygens (including phenoxy) is 2. The topological polar surface area (TPSA) is 89.0 Å². The smallest absolute Gasteiger partial charge is 0.305 e. The summed E-state index contributed by atoms with van der Waals surface area (Å²) in [6, 6.07) is 5.44. The molecule has 2 aromatic rings. The van der Waals surface area contributed by atoms with Crippen molar-refractivity contribution in [3.8, 4) is 22.1 Å². The highest BCUT2D eigenvalue weighted by atomic mass is 32.1. The number of benzene rings is 1. The van der Waals surface area contributed by atoms with E-state index >= 15 is 0 Å². The number of carbonyl (C=O) groups excluding carboxylic acids is 1. The highest BCUT2D eigenvalue weighted by Crippen LogP contribution is 2.35. The first-order valence-electron chi connectivity index (χ1n) is 7.54. The highest BCUT2D eigenvalue weighted by molar-refractivity contribution is 7.17. The fraction of sp³-hybridized carbons (Fsp3) is 0.353. The van der Waals surface area contributed by atoms with Gasteiger partial charge in [-0.2, -0.15) is 0 Å². The molecule has 0 fully saturated rings. The number of amides is 1. The monoisotopic (exact) mass is 364 g/mol. The van der Waals surface area contributed by atoms with Crippen molar-refractivity contribution in [3.05, 3.63) is 28.8 Å². The maximum absolute atomic E-state index is 12.5. The summed E-state index contributed by atoms with van der Waals surface area (Å²) in [6.07, 6.45) is -0.0946. The SMILES string of the molecule is COc1ccc(-c2nc(C)c(C(=O)N(C)CCC(=O)O)s2)cc1OC. The van der Waals surface area contributed by atoms with E-state index in [0.717, 1.165) is 5.56 Å². The van der Waals surface area contributed by atoms with Crippen LogP contribution >= 0.6 is 11.3 Å². The van der Waals surface area contributed by atoms with E-state index in [0.29, 0.717) is 27.1 Å². The first-order chi connectivity index (χ1) is 11.9. The van der Waals surface area contributed by atoms with Crippen molar-refractivity contribution in [2.24, 2.45) is 0 Å². The van der Waals surface area contributed by atoms with Gasteiger partial charge in [0, 0.05) is 19.2 Å². The van der Waals surface area contributed by atoms with E-state index in [4.69, 9.17) is 14.6 Å². The molecule has 0 aliphatic carbocycles. The van der Waals surface area contributed by atoms with Crippen LogP contribution in [0.1, 0.15) is 21.8 Å². The maximum atomic E-state index is 12.5. The highest BCUT2D eigenvalue weighted by Gasteiger charge is 2.20. The van der Waals surface area contributed by atoms with Crippen molar-refractivity contribution in [2.75, 3.05) is 27.8 Å². The lowest BCUT2D eigenvalue weighted by Gasteiger charge is -2.14. The lowest BCUT2D eigenvalue weighted by atomic mass is 10.2. The third-order valence-electron chi connectivity index (χ3n) is 3.63. The van der Waals surface area contributed by atoms with Crippen LogP contribution in [-0.4, -0.2) is 54.7 Å². The van der Waals surface area contributed by atoms with Crippen LogP contribution in [0.15, 0.2) is 18.2 Å². The van der Waals surface area contributed by atoms with Crippen LogP contribution in [0, 0.1) is 6.92 Å². The molecule has 0 unspecified atom stereocenters. The molecule has 0 bridgehead atoms. The summed E-state index contributed by atoms with van der Waals surface area (Å²) in [5.41, 5.74) is 1.43. The quantitative estimate of drug-likeness (QED) is 0.812. The van der Waals surface area contributed by atoms with Gasteiger partial charge in [-0.15, -0.1) is 11.3 Å². The number of aromatic nitrogens is 1. The number of methoxy groups -OCH3 is 2. The van der Waals surface area contributed by atoms with Crippen molar-refractivity contribution >= 4 is 23.2 Å². The predicted molar refractivity (Wildman–Crippen MR) is 94.6 cm³/mol. The molecule has 1 N–H and O–H groups in total. The Bertz CT molecular complexity index is 787. The fourth-order valence-electron chi connectivity index (χ4n) is 2.23. The fourth-order valence-corrected chi connectivity index (χ4v) is 3.28. The number of aliphatic carboxylic acids is 1. The Morgan fingerprint density at radius 2 is 1.92 bits per heavy atom. The van der Waals surface area contributed by atoms with Crippen LogP contribution in [0.3, 0.4) is 0 Å². The molecule has 2 rings (SSSR count). The van der Waals surface area contributed by atoms with Gasteiger partial charge < -0.3 is 19.5 Å². The number of thiazole rings is 1. The number of hydrogen-bond donors (Lipinski definition) is 1. The van der Waals surface area contributed by atoms with Crippen LogP contribution in [0.4, 0.5) is 0 Å². The molecule has 0 saturated carbocycles. The van der Waals surface area contributed by atoms with Crippen molar-refractivity contribution in [2.45, 2.75) is 13.3 Å². The van der Waals surface area contributed by atoms with Gasteiger partial charge in [0.2, 0.25) is 0 Å². The summed E-state index contributed by atoms with van der Waals surface area (Å²) in [5.74, 6) is 0.0261. The molecule has 134 valence electrons. The number of nitrogens with zero attached hydrogens (tertiary/aromatic N) is 2. The van der Waals surface area contributed by atoms with E-state index < -0.39 is 5.97 Å². The first kappa shape index (κ1) is 18.7. The summed E-state index contributed by atoms with van der Waals surface area (Å²) < 4.78 is 10.5. The number of carbonyl (C=O) groups is 2. The zero-order valence-electron chi connectivity index (χ0n) is 14.5. The molecule has 0 aliphatic heterocycles. The Kier molecular flexibility index (Phi) is 5.97. The van der Waals surface area contributed by atoms with Gasteiger partial charge in [-0.1, -0.05) is 0 Å². The van der Waals surface area contributed by atoms with Gasteiger partial charge in [-0.05, 0) is 25.1 Å². The van der Waals surface area contributed by atoms with Gasteiger partial charge in [-0.25, -0.2) is 4.98 Å². The van der Waals surface area contributed by atoms with Crippen molar-refractivity contribution < 1.29 is 24.2 Å². The van der Waals surface area contributed by atoms with Crippen molar-refractivity contribution in [1.82, 2.24) is 9.88 Å². The minimum atomic E-state index is -0.938. The minimum absolute atomic E-state index is 0.0946. The third-order valence-corrected chi connectivity index (χ3v) is 4.82. The number of hydrogen-bond acceptors (Lipinski definition) is 6. The second kappa shape index (κ2) is 7.98. The summed E-state index contributed by atoms with van der Waals surface area (Å²) in [5, 5.41) is 9.43. The summed E-state index contributed by atoms with van der Waals surface area (Å²) in [4.78, 5) is 29.5. The maximum Gasteiger partial charge on any atom is 0.305 e. The third kappa shape index (κ3) is 4.27. The van der Waals surface area contributed by atoms with Crippen molar-refractivity contribution in [1.29, 1.82) is 0 Å². The Morgan fingerprint density at radius 3 is 2.52 bits per heavy atom. The molecule has 0 radical (unpaired) electrons.